The maximum atomic E-state index is 12.0. The molecule has 22 heavy (non-hydrogen) atoms. The zero-order chi connectivity index (χ0) is 15.4. The summed E-state index contributed by atoms with van der Waals surface area (Å²) in [6, 6.07) is 5.35. The number of hydrogen-bond acceptors (Lipinski definition) is 4. The first-order valence-electron chi connectivity index (χ1n) is 7.59. The van der Waals surface area contributed by atoms with Crippen LogP contribution in [0.3, 0.4) is 0 Å². The second-order valence-corrected chi connectivity index (χ2v) is 5.52. The Balaban J connectivity index is 1.52. The molecule has 0 fully saturated rings. The molecule has 0 saturated heterocycles. The molecule has 6 nitrogen and oxygen atoms in total. The minimum atomic E-state index is -0.279. The van der Waals surface area contributed by atoms with E-state index >= 15 is 0 Å². The molecule has 1 aliphatic rings. The molecule has 2 aromatic rings. The third-order valence-electron chi connectivity index (χ3n) is 3.87. The van der Waals surface area contributed by atoms with Gasteiger partial charge in [-0.15, -0.1) is 5.10 Å². The lowest BCUT2D eigenvalue weighted by atomic mass is 9.95. The molecule has 0 bridgehead atoms. The third-order valence-corrected chi connectivity index (χ3v) is 3.87. The minimum Gasteiger partial charge on any atom is -0.465 e. The Labute approximate surface area is 128 Å². The molecule has 116 valence electrons. The second kappa shape index (κ2) is 6.60. The average molecular weight is 301 g/mol. The lowest BCUT2D eigenvalue weighted by molar-refractivity contribution is -0.145. The molecule has 2 aromatic heterocycles. The zero-order valence-electron chi connectivity index (χ0n) is 12.4. The van der Waals surface area contributed by atoms with E-state index in [4.69, 9.17) is 4.74 Å². The van der Waals surface area contributed by atoms with Crippen molar-refractivity contribution in [3.8, 4) is 0 Å². The maximum Gasteiger partial charge on any atom is 0.350 e. The lowest BCUT2D eigenvalue weighted by Gasteiger charge is -2.17. The number of nitrogens with zero attached hydrogens (tertiary/aromatic N) is 3. The highest BCUT2D eigenvalue weighted by Crippen LogP contribution is 2.18. The van der Waals surface area contributed by atoms with Gasteiger partial charge in [0.15, 0.2) is 5.65 Å². The summed E-state index contributed by atoms with van der Waals surface area (Å²) in [5.74, 6) is 0.144. The number of pyridine rings is 1. The predicted molar refractivity (Wildman–Crippen MR) is 81.5 cm³/mol. The average Bonchev–Trinajstić information content (AvgIpc) is 2.88. The van der Waals surface area contributed by atoms with Gasteiger partial charge < -0.3 is 4.74 Å². The topological polar surface area (TPSA) is 65.6 Å². The molecule has 0 aromatic carbocycles. The molecule has 0 spiro atoms. The van der Waals surface area contributed by atoms with E-state index in [2.05, 4.69) is 17.3 Å². The van der Waals surface area contributed by atoms with E-state index in [0.29, 0.717) is 18.2 Å². The molecular formula is C16H19N3O3. The standard InChI is InChI=1S/C16H19N3O3/c20-15(22-12-13-6-2-1-3-7-13)9-11-19-16(21)18-10-5-4-8-14(18)17-19/h1-2,4-5,8,10,13H,3,6-7,9,11-12H2. The van der Waals surface area contributed by atoms with Gasteiger partial charge in [-0.3, -0.25) is 9.20 Å². The van der Waals surface area contributed by atoms with E-state index in [1.807, 2.05) is 6.07 Å². The molecule has 0 aliphatic heterocycles. The smallest absolute Gasteiger partial charge is 0.350 e. The summed E-state index contributed by atoms with van der Waals surface area (Å²) in [7, 11) is 0. The summed E-state index contributed by atoms with van der Waals surface area (Å²) >= 11 is 0. The number of aromatic nitrogens is 3. The van der Waals surface area contributed by atoms with Crippen molar-refractivity contribution in [3.05, 3.63) is 47.0 Å². The van der Waals surface area contributed by atoms with Crippen LogP contribution in [0.2, 0.25) is 0 Å². The molecule has 1 aliphatic carbocycles. The molecule has 1 unspecified atom stereocenters. The fourth-order valence-electron chi connectivity index (χ4n) is 2.60. The predicted octanol–water partition coefficient (Wildman–Crippen LogP) is 1.79. The number of rotatable bonds is 5. The van der Waals surface area contributed by atoms with E-state index < -0.39 is 0 Å². The van der Waals surface area contributed by atoms with Crippen LogP contribution in [0.15, 0.2) is 41.3 Å². The van der Waals surface area contributed by atoms with Gasteiger partial charge in [-0.1, -0.05) is 18.2 Å². The first-order chi connectivity index (χ1) is 10.7. The number of fused-ring (bicyclic) bond motifs is 1. The fraction of sp³-hybridized carbons (Fsp3) is 0.438. The summed E-state index contributed by atoms with van der Waals surface area (Å²) in [5, 5.41) is 4.18. The number of aryl methyl sites for hydroxylation is 1. The van der Waals surface area contributed by atoms with E-state index in [1.54, 1.807) is 18.3 Å². The Morgan fingerprint density at radius 1 is 1.36 bits per heavy atom. The summed E-state index contributed by atoms with van der Waals surface area (Å²) in [5.41, 5.74) is 0.343. The normalized spacial score (nSPS) is 17.7. The van der Waals surface area contributed by atoms with Crippen LogP contribution in [-0.4, -0.2) is 26.8 Å². The van der Waals surface area contributed by atoms with Crippen molar-refractivity contribution >= 4 is 11.6 Å². The summed E-state index contributed by atoms with van der Waals surface area (Å²) < 4.78 is 8.06. The molecule has 0 saturated carbocycles. The molecule has 2 heterocycles. The largest absolute Gasteiger partial charge is 0.465 e. The van der Waals surface area contributed by atoms with Crippen molar-refractivity contribution in [3.63, 3.8) is 0 Å². The van der Waals surface area contributed by atoms with Gasteiger partial charge in [-0.25, -0.2) is 9.48 Å². The molecule has 6 heteroatoms. The minimum absolute atomic E-state index is 0.159. The van der Waals surface area contributed by atoms with Gasteiger partial charge in [0.25, 0.3) is 0 Å². The number of allylic oxidation sites excluding steroid dienone is 2. The Kier molecular flexibility index (Phi) is 4.37. The van der Waals surface area contributed by atoms with Crippen LogP contribution in [0.5, 0.6) is 0 Å². The highest BCUT2D eigenvalue weighted by Gasteiger charge is 2.13. The zero-order valence-corrected chi connectivity index (χ0v) is 12.4. The Morgan fingerprint density at radius 2 is 2.27 bits per heavy atom. The second-order valence-electron chi connectivity index (χ2n) is 5.52. The summed E-state index contributed by atoms with van der Waals surface area (Å²) in [6.45, 7) is 0.702. The van der Waals surface area contributed by atoms with Crippen molar-refractivity contribution in [2.45, 2.75) is 32.2 Å². The highest BCUT2D eigenvalue weighted by atomic mass is 16.5. The van der Waals surface area contributed by atoms with Crippen molar-refractivity contribution in [2.75, 3.05) is 6.61 Å². The van der Waals surface area contributed by atoms with Gasteiger partial charge in [0.05, 0.1) is 19.6 Å². The molecule has 0 amide bonds. The number of ether oxygens (including phenoxy) is 1. The van der Waals surface area contributed by atoms with Crippen molar-refractivity contribution < 1.29 is 9.53 Å². The Morgan fingerprint density at radius 3 is 3.05 bits per heavy atom. The number of hydrogen-bond donors (Lipinski definition) is 0. The van der Waals surface area contributed by atoms with Crippen LogP contribution in [0.4, 0.5) is 0 Å². The van der Waals surface area contributed by atoms with Crippen molar-refractivity contribution in [2.24, 2.45) is 5.92 Å². The summed E-state index contributed by atoms with van der Waals surface area (Å²) in [4.78, 5) is 23.8. The number of carbonyl (C=O) groups is 1. The first kappa shape index (κ1) is 14.6. The molecule has 0 radical (unpaired) electrons. The van der Waals surface area contributed by atoms with Crippen LogP contribution in [0.25, 0.3) is 5.65 Å². The van der Waals surface area contributed by atoms with E-state index in [1.165, 1.54) is 9.08 Å². The van der Waals surface area contributed by atoms with Crippen LogP contribution < -0.4 is 5.69 Å². The van der Waals surface area contributed by atoms with E-state index in [-0.39, 0.29) is 24.6 Å². The van der Waals surface area contributed by atoms with Crippen LogP contribution in [0.1, 0.15) is 25.7 Å². The molecule has 3 rings (SSSR count). The third kappa shape index (κ3) is 3.27. The van der Waals surface area contributed by atoms with E-state index in [0.717, 1.165) is 19.3 Å². The van der Waals surface area contributed by atoms with Crippen LogP contribution >= 0.6 is 0 Å². The van der Waals surface area contributed by atoms with Gasteiger partial charge in [0.2, 0.25) is 0 Å². The van der Waals surface area contributed by atoms with Gasteiger partial charge >= 0.3 is 11.7 Å². The molecule has 1 atom stereocenters. The number of carbonyl (C=O) groups excluding carboxylic acids is 1. The lowest BCUT2D eigenvalue weighted by Crippen LogP contribution is -2.23. The molecular weight excluding hydrogens is 282 g/mol. The fourth-order valence-corrected chi connectivity index (χ4v) is 2.60. The quantitative estimate of drug-likeness (QED) is 0.624. The first-order valence-corrected chi connectivity index (χ1v) is 7.59. The Hall–Kier alpha value is -2.37. The van der Waals surface area contributed by atoms with Crippen LogP contribution in [-0.2, 0) is 16.1 Å². The van der Waals surface area contributed by atoms with Crippen molar-refractivity contribution in [1.82, 2.24) is 14.2 Å². The van der Waals surface area contributed by atoms with Crippen LogP contribution in [0, 0.1) is 5.92 Å². The van der Waals surface area contributed by atoms with Gasteiger partial charge in [0, 0.05) is 6.20 Å². The molecule has 0 N–H and O–H groups in total. The monoisotopic (exact) mass is 301 g/mol. The van der Waals surface area contributed by atoms with Gasteiger partial charge in [0.1, 0.15) is 0 Å². The Bertz CT molecular complexity index is 744. The maximum absolute atomic E-state index is 12.0. The van der Waals surface area contributed by atoms with Gasteiger partial charge in [-0.2, -0.15) is 0 Å². The van der Waals surface area contributed by atoms with E-state index in [9.17, 15) is 9.59 Å². The van der Waals surface area contributed by atoms with Gasteiger partial charge in [-0.05, 0) is 37.3 Å². The highest BCUT2D eigenvalue weighted by molar-refractivity contribution is 5.69. The SMILES string of the molecule is O=C(CCn1nc2ccccn2c1=O)OCC1CC=CCC1. The number of esters is 1. The summed E-state index contributed by atoms with van der Waals surface area (Å²) in [6.07, 6.45) is 9.21. The van der Waals surface area contributed by atoms with Crippen molar-refractivity contribution in [1.29, 1.82) is 0 Å².